The van der Waals surface area contributed by atoms with Gasteiger partial charge in [0.25, 0.3) is 0 Å². The number of aliphatic hydroxyl groups excluding tert-OH is 1. The van der Waals surface area contributed by atoms with Crippen molar-refractivity contribution in [1.29, 1.82) is 0 Å². The topological polar surface area (TPSA) is 35.5 Å². The minimum Gasteiger partial charge on any atom is -0.394 e. The average Bonchev–Trinajstić information content (AvgIpc) is 3.24. The van der Waals surface area contributed by atoms with Crippen molar-refractivity contribution in [1.82, 2.24) is 10.2 Å². The minimum absolute atomic E-state index is 0.0342. The molecular formula is C16H32N2O. The van der Waals surface area contributed by atoms with Crippen LogP contribution in [0, 0.1) is 11.8 Å². The van der Waals surface area contributed by atoms with Crippen molar-refractivity contribution in [2.24, 2.45) is 11.8 Å². The molecule has 112 valence electrons. The molecule has 1 unspecified atom stereocenters. The molecule has 0 heterocycles. The second kappa shape index (κ2) is 6.55. The van der Waals surface area contributed by atoms with Gasteiger partial charge in [0.1, 0.15) is 0 Å². The molecule has 2 saturated carbocycles. The zero-order valence-electron chi connectivity index (χ0n) is 13.0. The molecule has 3 heteroatoms. The summed E-state index contributed by atoms with van der Waals surface area (Å²) in [6.45, 7) is 10.3. The molecule has 0 radical (unpaired) electrons. The molecule has 0 aromatic heterocycles. The molecule has 2 aliphatic rings. The van der Waals surface area contributed by atoms with E-state index in [4.69, 9.17) is 0 Å². The normalized spacial score (nSPS) is 23.1. The third-order valence-electron chi connectivity index (χ3n) is 4.52. The lowest BCUT2D eigenvalue weighted by Crippen LogP contribution is -2.59. The van der Waals surface area contributed by atoms with E-state index in [-0.39, 0.29) is 5.54 Å². The van der Waals surface area contributed by atoms with Gasteiger partial charge in [-0.2, -0.15) is 0 Å². The molecule has 0 aliphatic heterocycles. The van der Waals surface area contributed by atoms with Crippen molar-refractivity contribution in [3.05, 3.63) is 0 Å². The minimum atomic E-state index is -0.0342. The van der Waals surface area contributed by atoms with Crippen molar-refractivity contribution >= 4 is 0 Å². The Labute approximate surface area is 118 Å². The molecule has 0 aromatic carbocycles. The van der Waals surface area contributed by atoms with Gasteiger partial charge in [-0.05, 0) is 50.5 Å². The Hall–Kier alpha value is -0.120. The maximum atomic E-state index is 10.0. The van der Waals surface area contributed by atoms with Gasteiger partial charge in [0, 0.05) is 19.1 Å². The molecular weight excluding hydrogens is 236 g/mol. The highest BCUT2D eigenvalue weighted by Gasteiger charge is 2.47. The first kappa shape index (κ1) is 15.3. The number of hydrogen-bond acceptors (Lipinski definition) is 3. The number of rotatable bonds is 10. The monoisotopic (exact) mass is 268 g/mol. The Balaban J connectivity index is 1.99. The highest BCUT2D eigenvalue weighted by molar-refractivity contribution is 5.04. The van der Waals surface area contributed by atoms with Crippen LogP contribution in [0.1, 0.15) is 52.9 Å². The molecule has 0 saturated heterocycles. The van der Waals surface area contributed by atoms with Gasteiger partial charge in [0.05, 0.1) is 12.1 Å². The van der Waals surface area contributed by atoms with E-state index in [0.717, 1.165) is 25.6 Å². The van der Waals surface area contributed by atoms with Gasteiger partial charge in [-0.15, -0.1) is 0 Å². The number of nitrogens with one attached hydrogen (secondary N) is 1. The number of nitrogens with zero attached hydrogens (tertiary/aromatic N) is 1. The van der Waals surface area contributed by atoms with Crippen LogP contribution < -0.4 is 5.32 Å². The first-order chi connectivity index (χ1) is 9.11. The molecule has 0 aromatic rings. The smallest absolute Gasteiger partial charge is 0.0628 e. The van der Waals surface area contributed by atoms with Gasteiger partial charge in [-0.3, -0.25) is 4.90 Å². The Bertz CT molecular complexity index is 274. The Morgan fingerprint density at radius 2 is 1.95 bits per heavy atom. The van der Waals surface area contributed by atoms with Gasteiger partial charge in [0.2, 0.25) is 0 Å². The van der Waals surface area contributed by atoms with E-state index in [9.17, 15) is 5.11 Å². The van der Waals surface area contributed by atoms with Crippen LogP contribution in [0.3, 0.4) is 0 Å². The van der Waals surface area contributed by atoms with E-state index < -0.39 is 0 Å². The Morgan fingerprint density at radius 1 is 1.26 bits per heavy atom. The summed E-state index contributed by atoms with van der Waals surface area (Å²) in [5.41, 5.74) is -0.0342. The van der Waals surface area contributed by atoms with Crippen LogP contribution in [-0.4, -0.2) is 47.8 Å². The van der Waals surface area contributed by atoms with Gasteiger partial charge >= 0.3 is 0 Å². The maximum absolute atomic E-state index is 10.0. The Morgan fingerprint density at radius 3 is 2.37 bits per heavy atom. The Kier molecular flexibility index (Phi) is 5.27. The summed E-state index contributed by atoms with van der Waals surface area (Å²) < 4.78 is 0. The molecule has 0 bridgehead atoms. The van der Waals surface area contributed by atoms with Gasteiger partial charge in [-0.25, -0.2) is 0 Å². The van der Waals surface area contributed by atoms with Crippen LogP contribution in [0.4, 0.5) is 0 Å². The lowest BCUT2D eigenvalue weighted by Gasteiger charge is -2.39. The van der Waals surface area contributed by atoms with E-state index in [1.54, 1.807) is 0 Å². The summed E-state index contributed by atoms with van der Waals surface area (Å²) in [6, 6.07) is 0.788. The summed E-state index contributed by atoms with van der Waals surface area (Å²) in [7, 11) is 0. The van der Waals surface area contributed by atoms with Crippen molar-refractivity contribution in [3.8, 4) is 0 Å². The molecule has 0 amide bonds. The lowest BCUT2D eigenvalue weighted by atomic mass is 9.92. The highest BCUT2D eigenvalue weighted by Crippen LogP contribution is 2.41. The highest BCUT2D eigenvalue weighted by atomic mass is 16.3. The predicted octanol–water partition coefficient (Wildman–Crippen LogP) is 2.25. The summed E-state index contributed by atoms with van der Waals surface area (Å²) in [5, 5.41) is 13.7. The van der Waals surface area contributed by atoms with Crippen LogP contribution in [0.15, 0.2) is 0 Å². The quantitative estimate of drug-likeness (QED) is 0.638. The largest absolute Gasteiger partial charge is 0.394 e. The van der Waals surface area contributed by atoms with Gasteiger partial charge < -0.3 is 10.4 Å². The van der Waals surface area contributed by atoms with E-state index >= 15 is 0 Å². The fourth-order valence-electron chi connectivity index (χ4n) is 3.19. The van der Waals surface area contributed by atoms with Crippen molar-refractivity contribution in [2.75, 3.05) is 26.2 Å². The molecule has 2 aliphatic carbocycles. The molecule has 19 heavy (non-hydrogen) atoms. The summed E-state index contributed by atoms with van der Waals surface area (Å²) in [4.78, 5) is 2.64. The molecule has 0 spiro atoms. The molecule has 2 N–H and O–H groups in total. The molecule has 3 nitrogen and oxygen atoms in total. The van der Waals surface area contributed by atoms with Crippen LogP contribution in [0.2, 0.25) is 0 Å². The summed E-state index contributed by atoms with van der Waals surface area (Å²) in [6.07, 6.45) is 6.43. The summed E-state index contributed by atoms with van der Waals surface area (Å²) >= 11 is 0. The maximum Gasteiger partial charge on any atom is 0.0628 e. The SMILES string of the molecule is CCCNC(CO)(CN(CC(C)C)C1CC1)C1CC1. The molecule has 1 atom stereocenters. The van der Waals surface area contributed by atoms with Crippen molar-refractivity contribution < 1.29 is 5.11 Å². The first-order valence-electron chi connectivity index (χ1n) is 8.21. The van der Waals surface area contributed by atoms with E-state index in [1.165, 1.54) is 32.2 Å². The van der Waals surface area contributed by atoms with E-state index in [2.05, 4.69) is 31.0 Å². The molecule has 2 fully saturated rings. The van der Waals surface area contributed by atoms with Crippen LogP contribution in [0.25, 0.3) is 0 Å². The zero-order valence-corrected chi connectivity index (χ0v) is 13.0. The second-order valence-electron chi connectivity index (χ2n) is 7.07. The fourth-order valence-corrected chi connectivity index (χ4v) is 3.19. The third-order valence-corrected chi connectivity index (χ3v) is 4.52. The second-order valence-corrected chi connectivity index (χ2v) is 7.07. The fraction of sp³-hybridized carbons (Fsp3) is 1.00. The van der Waals surface area contributed by atoms with E-state index in [1.807, 2.05) is 0 Å². The lowest BCUT2D eigenvalue weighted by molar-refractivity contribution is 0.0814. The van der Waals surface area contributed by atoms with Crippen LogP contribution >= 0.6 is 0 Å². The third kappa shape index (κ3) is 4.17. The van der Waals surface area contributed by atoms with Gasteiger partial charge in [0.15, 0.2) is 0 Å². The van der Waals surface area contributed by atoms with Crippen LogP contribution in [0.5, 0.6) is 0 Å². The van der Waals surface area contributed by atoms with Gasteiger partial charge in [-0.1, -0.05) is 20.8 Å². The average molecular weight is 268 g/mol. The summed E-state index contributed by atoms with van der Waals surface area (Å²) in [5.74, 6) is 1.40. The zero-order chi connectivity index (χ0) is 13.9. The standard InChI is InChI=1S/C16H32N2O/c1-4-9-17-16(12-19,14-5-6-14)11-18(10-13(2)3)15-7-8-15/h13-15,17,19H,4-12H2,1-3H3. The van der Waals surface area contributed by atoms with E-state index in [0.29, 0.717) is 18.4 Å². The molecule has 2 rings (SSSR count). The van der Waals surface area contributed by atoms with Crippen molar-refractivity contribution in [3.63, 3.8) is 0 Å². The number of hydrogen-bond donors (Lipinski definition) is 2. The van der Waals surface area contributed by atoms with Crippen LogP contribution in [-0.2, 0) is 0 Å². The van der Waals surface area contributed by atoms with Crippen molar-refractivity contribution in [2.45, 2.75) is 64.5 Å². The predicted molar refractivity (Wildman–Crippen MR) is 80.3 cm³/mol. The number of aliphatic hydroxyl groups is 1. The first-order valence-corrected chi connectivity index (χ1v) is 8.21.